The van der Waals surface area contributed by atoms with Crippen LogP contribution < -0.4 is 9.62 Å². The summed E-state index contributed by atoms with van der Waals surface area (Å²) in [5, 5.41) is 2.91. The molecule has 0 aliphatic heterocycles. The highest BCUT2D eigenvalue weighted by Crippen LogP contribution is 2.20. The van der Waals surface area contributed by atoms with Gasteiger partial charge in [0.1, 0.15) is 12.6 Å². The van der Waals surface area contributed by atoms with Crippen molar-refractivity contribution in [1.82, 2.24) is 14.5 Å². The highest BCUT2D eigenvalue weighted by molar-refractivity contribution is 7.90. The molecule has 2 aromatic carbocycles. The van der Waals surface area contributed by atoms with Gasteiger partial charge in [0, 0.05) is 26.7 Å². The zero-order valence-corrected chi connectivity index (χ0v) is 20.7. The van der Waals surface area contributed by atoms with Crippen molar-refractivity contribution in [3.63, 3.8) is 0 Å². The van der Waals surface area contributed by atoms with E-state index in [9.17, 15) is 18.0 Å². The molecule has 2 aromatic rings. The van der Waals surface area contributed by atoms with Crippen LogP contribution in [0.2, 0.25) is 0 Å². The molecule has 8 nitrogen and oxygen atoms in total. The summed E-state index contributed by atoms with van der Waals surface area (Å²) in [5.74, 6) is -0.754. The minimum atomic E-state index is -3.94. The van der Waals surface area contributed by atoms with Crippen LogP contribution in [0.15, 0.2) is 60.7 Å². The Balaban J connectivity index is 2.39. The van der Waals surface area contributed by atoms with Gasteiger partial charge in [0.15, 0.2) is 0 Å². The van der Waals surface area contributed by atoms with E-state index in [4.69, 9.17) is 0 Å². The third-order valence-electron chi connectivity index (χ3n) is 5.43. The van der Waals surface area contributed by atoms with Gasteiger partial charge in [-0.1, -0.05) is 55.5 Å². The Bertz CT molecular complexity index is 1010. The summed E-state index contributed by atoms with van der Waals surface area (Å²) in [5.41, 5.74) is 1.21. The Morgan fingerprint density at radius 1 is 0.939 bits per heavy atom. The minimum absolute atomic E-state index is 0.0384. The maximum Gasteiger partial charge on any atom is 0.304 e. The van der Waals surface area contributed by atoms with Gasteiger partial charge in [-0.05, 0) is 38.0 Å². The fourth-order valence-corrected chi connectivity index (χ4v) is 4.20. The molecule has 2 rings (SSSR count). The van der Waals surface area contributed by atoms with Gasteiger partial charge in [-0.15, -0.1) is 0 Å². The van der Waals surface area contributed by atoms with Gasteiger partial charge < -0.3 is 10.2 Å². The second kappa shape index (κ2) is 11.8. The quantitative estimate of drug-likeness (QED) is 0.542. The number of carbonyl (C=O) groups is 2. The fourth-order valence-electron chi connectivity index (χ4n) is 3.14. The van der Waals surface area contributed by atoms with Crippen molar-refractivity contribution < 1.29 is 18.0 Å². The predicted molar refractivity (Wildman–Crippen MR) is 131 cm³/mol. The van der Waals surface area contributed by atoms with Crippen LogP contribution in [0.1, 0.15) is 32.8 Å². The Morgan fingerprint density at radius 3 is 2.00 bits per heavy atom. The van der Waals surface area contributed by atoms with Gasteiger partial charge in [-0.25, -0.2) is 4.31 Å². The monoisotopic (exact) mass is 474 g/mol. The summed E-state index contributed by atoms with van der Waals surface area (Å²) in [6, 6.07) is 17.0. The Hall–Kier alpha value is -2.91. The van der Waals surface area contributed by atoms with Gasteiger partial charge in [-0.2, -0.15) is 12.7 Å². The van der Waals surface area contributed by atoms with E-state index in [1.54, 1.807) is 37.3 Å². The summed E-state index contributed by atoms with van der Waals surface area (Å²) >= 11 is 0. The van der Waals surface area contributed by atoms with E-state index in [-0.39, 0.29) is 18.5 Å². The van der Waals surface area contributed by atoms with Gasteiger partial charge in [0.2, 0.25) is 11.8 Å². The maximum atomic E-state index is 13.5. The highest BCUT2D eigenvalue weighted by atomic mass is 32.2. The van der Waals surface area contributed by atoms with E-state index in [2.05, 4.69) is 5.32 Å². The molecule has 0 aliphatic carbocycles. The van der Waals surface area contributed by atoms with Gasteiger partial charge in [-0.3, -0.25) is 9.59 Å². The molecule has 9 heteroatoms. The van der Waals surface area contributed by atoms with Crippen LogP contribution in [0.4, 0.5) is 5.69 Å². The molecule has 1 N–H and O–H groups in total. The Labute approximate surface area is 197 Å². The molecule has 0 saturated carbocycles. The second-order valence-electron chi connectivity index (χ2n) is 8.13. The van der Waals surface area contributed by atoms with E-state index in [1.165, 1.54) is 19.0 Å². The minimum Gasteiger partial charge on any atom is -0.352 e. The van der Waals surface area contributed by atoms with Crippen molar-refractivity contribution in [3.8, 4) is 0 Å². The fraction of sp³-hybridized carbons (Fsp3) is 0.417. The van der Waals surface area contributed by atoms with Crippen LogP contribution in [0, 0.1) is 0 Å². The third-order valence-corrected chi connectivity index (χ3v) is 7.25. The molecule has 0 bridgehead atoms. The summed E-state index contributed by atoms with van der Waals surface area (Å²) in [7, 11) is -1.11. The lowest BCUT2D eigenvalue weighted by Gasteiger charge is -2.33. The number of benzene rings is 2. The number of nitrogens with zero attached hydrogens (tertiary/aromatic N) is 3. The van der Waals surface area contributed by atoms with Crippen LogP contribution >= 0.6 is 0 Å². The van der Waals surface area contributed by atoms with Crippen LogP contribution in [0.5, 0.6) is 0 Å². The van der Waals surface area contributed by atoms with Gasteiger partial charge in [0.25, 0.3) is 0 Å². The van der Waals surface area contributed by atoms with E-state index < -0.39 is 28.7 Å². The molecule has 0 aliphatic rings. The Kier molecular flexibility index (Phi) is 9.43. The van der Waals surface area contributed by atoms with Crippen molar-refractivity contribution in [3.05, 3.63) is 66.2 Å². The molecular weight excluding hydrogens is 440 g/mol. The largest absolute Gasteiger partial charge is 0.352 e. The number of rotatable bonds is 11. The third kappa shape index (κ3) is 7.03. The summed E-state index contributed by atoms with van der Waals surface area (Å²) in [6.45, 7) is 5.27. The van der Waals surface area contributed by atoms with Crippen molar-refractivity contribution in [1.29, 1.82) is 0 Å². The number of hydrogen-bond donors (Lipinski definition) is 1. The van der Waals surface area contributed by atoms with Crippen LogP contribution in [0.3, 0.4) is 0 Å². The molecule has 180 valence electrons. The van der Waals surface area contributed by atoms with Crippen LogP contribution in [0.25, 0.3) is 0 Å². The van der Waals surface area contributed by atoms with E-state index in [0.717, 1.165) is 20.6 Å². The van der Waals surface area contributed by atoms with E-state index in [1.807, 2.05) is 44.2 Å². The average Bonchev–Trinajstić information content (AvgIpc) is 2.81. The molecule has 0 aromatic heterocycles. The van der Waals surface area contributed by atoms with Crippen molar-refractivity contribution in [2.24, 2.45) is 0 Å². The first-order valence-electron chi connectivity index (χ1n) is 11.0. The lowest BCUT2D eigenvalue weighted by atomic mass is 10.1. The molecular formula is C24H34N4O4S. The van der Waals surface area contributed by atoms with E-state index in [0.29, 0.717) is 5.69 Å². The normalized spacial score (nSPS) is 13.3. The smallest absolute Gasteiger partial charge is 0.304 e. The SMILES string of the molecule is CC[C@H](C)NC(=O)[C@H](C)N(Cc1ccccc1)C(=O)CN(c1ccccc1)S(=O)(=O)N(C)C. The molecule has 0 radical (unpaired) electrons. The second-order valence-corrected chi connectivity index (χ2v) is 10.2. The summed E-state index contributed by atoms with van der Waals surface area (Å²) in [6.07, 6.45) is 0.758. The van der Waals surface area contributed by atoms with Crippen molar-refractivity contribution >= 4 is 27.7 Å². The summed E-state index contributed by atoms with van der Waals surface area (Å²) in [4.78, 5) is 27.8. The van der Waals surface area contributed by atoms with E-state index >= 15 is 0 Å². The number of nitrogens with one attached hydrogen (secondary N) is 1. The number of hydrogen-bond acceptors (Lipinski definition) is 4. The first-order chi connectivity index (χ1) is 15.6. The molecule has 0 unspecified atom stereocenters. The highest BCUT2D eigenvalue weighted by Gasteiger charge is 2.32. The Morgan fingerprint density at radius 2 is 1.48 bits per heavy atom. The number of carbonyl (C=O) groups excluding carboxylic acids is 2. The zero-order valence-electron chi connectivity index (χ0n) is 19.9. The van der Waals surface area contributed by atoms with Crippen molar-refractivity contribution in [2.75, 3.05) is 24.9 Å². The standard InChI is InChI=1S/C24H34N4O4S/c1-6-19(2)25-24(30)20(3)27(17-21-13-9-7-10-14-21)23(29)18-28(33(31,32)26(4)5)22-15-11-8-12-16-22/h7-16,19-20H,6,17-18H2,1-5H3,(H,25,30)/t19-,20-/m0/s1. The molecule has 33 heavy (non-hydrogen) atoms. The van der Waals surface area contributed by atoms with Crippen molar-refractivity contribution in [2.45, 2.75) is 45.8 Å². The lowest BCUT2D eigenvalue weighted by Crippen LogP contribution is -2.53. The number of para-hydroxylation sites is 1. The van der Waals surface area contributed by atoms with Crippen LogP contribution in [-0.4, -0.2) is 62.2 Å². The molecule has 2 atom stereocenters. The predicted octanol–water partition coefficient (Wildman–Crippen LogP) is 2.63. The number of amides is 2. The average molecular weight is 475 g/mol. The first-order valence-corrected chi connectivity index (χ1v) is 12.4. The molecule has 2 amide bonds. The summed E-state index contributed by atoms with van der Waals surface area (Å²) < 4.78 is 28.2. The lowest BCUT2D eigenvalue weighted by molar-refractivity contribution is -0.139. The molecule has 0 saturated heterocycles. The maximum absolute atomic E-state index is 13.5. The van der Waals surface area contributed by atoms with Gasteiger partial charge >= 0.3 is 10.2 Å². The van der Waals surface area contributed by atoms with Crippen LogP contribution in [-0.2, 0) is 26.3 Å². The molecule has 0 fully saturated rings. The van der Waals surface area contributed by atoms with Gasteiger partial charge in [0.05, 0.1) is 5.69 Å². The molecule has 0 heterocycles. The zero-order chi connectivity index (χ0) is 24.6. The first kappa shape index (κ1) is 26.3. The topological polar surface area (TPSA) is 90.0 Å². The molecule has 0 spiro atoms. The number of anilines is 1.